The number of carbonyl (C=O) groups is 2. The van der Waals surface area contributed by atoms with Crippen LogP contribution in [0.4, 0.5) is 0 Å². The van der Waals surface area contributed by atoms with Crippen molar-refractivity contribution in [2.45, 2.75) is 39.5 Å². The third-order valence-corrected chi connectivity index (χ3v) is 3.18. The molecule has 0 unspecified atom stereocenters. The maximum absolute atomic E-state index is 11.5. The molecule has 0 saturated heterocycles. The normalized spacial score (nSPS) is 22.6. The van der Waals surface area contributed by atoms with Gasteiger partial charge in [-0.1, -0.05) is 12.2 Å². The molecule has 1 aliphatic carbocycles. The summed E-state index contributed by atoms with van der Waals surface area (Å²) in [6.07, 6.45) is 6.60. The molecule has 0 aromatic rings. The van der Waals surface area contributed by atoms with Gasteiger partial charge in [0.2, 0.25) is 0 Å². The lowest BCUT2D eigenvalue weighted by Crippen LogP contribution is -2.24. The SMILES string of the molecule is CCOC(=O)C[C@H]1CC=CC[C@@H]1CC(=O)OCC. The minimum absolute atomic E-state index is 0.174. The van der Waals surface area contributed by atoms with Crippen molar-refractivity contribution in [2.75, 3.05) is 13.2 Å². The Hall–Kier alpha value is -1.32. The molecule has 0 N–H and O–H groups in total. The van der Waals surface area contributed by atoms with Gasteiger partial charge in [-0.2, -0.15) is 0 Å². The molecule has 0 heterocycles. The van der Waals surface area contributed by atoms with Crippen molar-refractivity contribution >= 4 is 11.9 Å². The monoisotopic (exact) mass is 254 g/mol. The summed E-state index contributed by atoms with van der Waals surface area (Å²) in [5.74, 6) is 0.0372. The summed E-state index contributed by atoms with van der Waals surface area (Å²) in [5.41, 5.74) is 0. The number of allylic oxidation sites excluding steroid dienone is 2. The quantitative estimate of drug-likeness (QED) is 0.539. The van der Waals surface area contributed by atoms with E-state index in [2.05, 4.69) is 12.2 Å². The van der Waals surface area contributed by atoms with Crippen LogP contribution in [0, 0.1) is 11.8 Å². The van der Waals surface area contributed by atoms with Gasteiger partial charge in [0.1, 0.15) is 0 Å². The van der Waals surface area contributed by atoms with E-state index in [4.69, 9.17) is 9.47 Å². The molecule has 0 radical (unpaired) electrons. The molecule has 2 atom stereocenters. The Kier molecular flexibility index (Phi) is 6.47. The van der Waals surface area contributed by atoms with Gasteiger partial charge >= 0.3 is 11.9 Å². The molecule has 0 fully saturated rings. The molecule has 0 aromatic carbocycles. The van der Waals surface area contributed by atoms with E-state index in [0.717, 1.165) is 12.8 Å². The molecule has 4 nitrogen and oxygen atoms in total. The first-order valence-corrected chi connectivity index (χ1v) is 6.63. The highest BCUT2D eigenvalue weighted by atomic mass is 16.5. The fourth-order valence-electron chi connectivity index (χ4n) is 2.29. The van der Waals surface area contributed by atoms with Gasteiger partial charge in [0.05, 0.1) is 13.2 Å². The number of hydrogen-bond acceptors (Lipinski definition) is 4. The van der Waals surface area contributed by atoms with Crippen LogP contribution in [0.25, 0.3) is 0 Å². The molecule has 4 heteroatoms. The van der Waals surface area contributed by atoms with E-state index in [1.807, 2.05) is 0 Å². The van der Waals surface area contributed by atoms with Crippen LogP contribution in [0.2, 0.25) is 0 Å². The second-order valence-corrected chi connectivity index (χ2v) is 4.48. The molecule has 0 spiro atoms. The molecule has 1 aliphatic rings. The van der Waals surface area contributed by atoms with Gasteiger partial charge in [-0.05, 0) is 38.5 Å². The zero-order valence-corrected chi connectivity index (χ0v) is 11.2. The summed E-state index contributed by atoms with van der Waals surface area (Å²) in [5, 5.41) is 0. The Morgan fingerprint density at radius 1 is 0.944 bits per heavy atom. The minimum Gasteiger partial charge on any atom is -0.466 e. The highest BCUT2D eigenvalue weighted by Gasteiger charge is 2.27. The largest absolute Gasteiger partial charge is 0.466 e. The Labute approximate surface area is 108 Å². The van der Waals surface area contributed by atoms with Crippen LogP contribution in [-0.4, -0.2) is 25.2 Å². The predicted molar refractivity (Wildman–Crippen MR) is 67.9 cm³/mol. The van der Waals surface area contributed by atoms with E-state index in [-0.39, 0.29) is 23.8 Å². The first-order chi connectivity index (χ1) is 8.67. The van der Waals surface area contributed by atoms with Crippen molar-refractivity contribution in [3.05, 3.63) is 12.2 Å². The third-order valence-electron chi connectivity index (χ3n) is 3.18. The van der Waals surface area contributed by atoms with E-state index < -0.39 is 0 Å². The van der Waals surface area contributed by atoms with Crippen molar-refractivity contribution in [3.63, 3.8) is 0 Å². The van der Waals surface area contributed by atoms with Crippen molar-refractivity contribution in [3.8, 4) is 0 Å². The smallest absolute Gasteiger partial charge is 0.306 e. The summed E-state index contributed by atoms with van der Waals surface area (Å²) >= 11 is 0. The molecular weight excluding hydrogens is 232 g/mol. The van der Waals surface area contributed by atoms with Gasteiger partial charge in [-0.15, -0.1) is 0 Å². The highest BCUT2D eigenvalue weighted by molar-refractivity contribution is 5.71. The maximum atomic E-state index is 11.5. The van der Waals surface area contributed by atoms with E-state index in [9.17, 15) is 9.59 Å². The average Bonchev–Trinajstić information content (AvgIpc) is 2.32. The summed E-state index contributed by atoms with van der Waals surface area (Å²) < 4.78 is 9.93. The fourth-order valence-corrected chi connectivity index (χ4v) is 2.29. The Balaban J connectivity index is 2.49. The number of rotatable bonds is 6. The van der Waals surface area contributed by atoms with Crippen molar-refractivity contribution < 1.29 is 19.1 Å². The number of esters is 2. The topological polar surface area (TPSA) is 52.6 Å². The van der Waals surface area contributed by atoms with Gasteiger partial charge in [-0.25, -0.2) is 0 Å². The summed E-state index contributed by atoms with van der Waals surface area (Å²) in [4.78, 5) is 23.0. The molecule has 0 amide bonds. The van der Waals surface area contributed by atoms with Crippen LogP contribution in [-0.2, 0) is 19.1 Å². The first-order valence-electron chi connectivity index (χ1n) is 6.63. The van der Waals surface area contributed by atoms with Crippen molar-refractivity contribution in [1.29, 1.82) is 0 Å². The first kappa shape index (κ1) is 14.7. The van der Waals surface area contributed by atoms with Crippen LogP contribution in [0.5, 0.6) is 0 Å². The summed E-state index contributed by atoms with van der Waals surface area (Å²) in [6.45, 7) is 4.41. The van der Waals surface area contributed by atoms with Gasteiger partial charge in [0.25, 0.3) is 0 Å². The Bertz CT molecular complexity index is 279. The van der Waals surface area contributed by atoms with Crippen LogP contribution in [0.15, 0.2) is 12.2 Å². The van der Waals surface area contributed by atoms with E-state index in [1.165, 1.54) is 0 Å². The van der Waals surface area contributed by atoms with Gasteiger partial charge in [0, 0.05) is 12.8 Å². The van der Waals surface area contributed by atoms with Crippen LogP contribution < -0.4 is 0 Å². The predicted octanol–water partition coefficient (Wildman–Crippen LogP) is 2.48. The lowest BCUT2D eigenvalue weighted by molar-refractivity contribution is -0.148. The maximum Gasteiger partial charge on any atom is 0.306 e. The van der Waals surface area contributed by atoms with Crippen LogP contribution >= 0.6 is 0 Å². The van der Waals surface area contributed by atoms with Crippen LogP contribution in [0.1, 0.15) is 39.5 Å². The molecule has 18 heavy (non-hydrogen) atoms. The van der Waals surface area contributed by atoms with Gasteiger partial charge in [-0.3, -0.25) is 9.59 Å². The van der Waals surface area contributed by atoms with Gasteiger partial charge < -0.3 is 9.47 Å². The van der Waals surface area contributed by atoms with E-state index >= 15 is 0 Å². The lowest BCUT2D eigenvalue weighted by Gasteiger charge is -2.27. The number of ether oxygens (including phenoxy) is 2. The standard InChI is InChI=1S/C14H22O4/c1-3-17-13(15)9-11-7-5-6-8-12(11)10-14(16)18-4-2/h5-6,11-12H,3-4,7-10H2,1-2H3/t11-,12-/m1/s1. The summed E-state index contributed by atoms with van der Waals surface area (Å²) in [7, 11) is 0. The van der Waals surface area contributed by atoms with Gasteiger partial charge in [0.15, 0.2) is 0 Å². The van der Waals surface area contributed by atoms with E-state index in [0.29, 0.717) is 26.1 Å². The molecule has 0 bridgehead atoms. The number of hydrogen-bond donors (Lipinski definition) is 0. The second-order valence-electron chi connectivity index (χ2n) is 4.48. The summed E-state index contributed by atoms with van der Waals surface area (Å²) in [6, 6.07) is 0. The molecule has 1 rings (SSSR count). The Morgan fingerprint density at radius 2 is 1.33 bits per heavy atom. The van der Waals surface area contributed by atoms with Crippen molar-refractivity contribution in [1.82, 2.24) is 0 Å². The molecule has 0 saturated carbocycles. The molecule has 0 aliphatic heterocycles. The number of carbonyl (C=O) groups excluding carboxylic acids is 2. The third kappa shape index (κ3) is 4.90. The molecular formula is C14H22O4. The highest BCUT2D eigenvalue weighted by Crippen LogP contribution is 2.31. The zero-order valence-electron chi connectivity index (χ0n) is 11.2. The zero-order chi connectivity index (χ0) is 13.4. The van der Waals surface area contributed by atoms with Crippen LogP contribution in [0.3, 0.4) is 0 Å². The molecule has 0 aromatic heterocycles. The van der Waals surface area contributed by atoms with E-state index in [1.54, 1.807) is 13.8 Å². The fraction of sp³-hybridized carbons (Fsp3) is 0.714. The Morgan fingerprint density at radius 3 is 1.67 bits per heavy atom. The molecule has 102 valence electrons. The lowest BCUT2D eigenvalue weighted by atomic mass is 9.79. The second kappa shape index (κ2) is 7.90. The minimum atomic E-state index is -0.174. The average molecular weight is 254 g/mol. The van der Waals surface area contributed by atoms with Crippen molar-refractivity contribution in [2.24, 2.45) is 11.8 Å².